The fourth-order valence-corrected chi connectivity index (χ4v) is 3.15. The third kappa shape index (κ3) is 4.11. The van der Waals surface area contributed by atoms with Crippen LogP contribution in [-0.2, 0) is 16.5 Å². The van der Waals surface area contributed by atoms with E-state index in [1.165, 1.54) is 5.69 Å². The van der Waals surface area contributed by atoms with E-state index in [-0.39, 0.29) is 6.10 Å². The van der Waals surface area contributed by atoms with Gasteiger partial charge in [-0.05, 0) is 19.1 Å². The number of aromatic nitrogens is 3. The average Bonchev–Trinajstić information content (AvgIpc) is 3.04. The first kappa shape index (κ1) is 17.7. The van der Waals surface area contributed by atoms with Gasteiger partial charge in [0.2, 0.25) is 5.95 Å². The highest BCUT2D eigenvalue weighted by Crippen LogP contribution is 2.22. The lowest BCUT2D eigenvalue weighted by Gasteiger charge is -2.36. The van der Waals surface area contributed by atoms with E-state index in [0.717, 1.165) is 38.0 Å². The topological polar surface area (TPSA) is 55.7 Å². The van der Waals surface area contributed by atoms with E-state index in [4.69, 9.17) is 9.47 Å². The Morgan fingerprint density at radius 3 is 2.36 bits per heavy atom. The Balaban J connectivity index is 1.60. The Morgan fingerprint density at radius 1 is 1.00 bits per heavy atom. The molecule has 1 unspecified atom stereocenters. The van der Waals surface area contributed by atoms with Crippen LogP contribution < -0.4 is 9.80 Å². The van der Waals surface area contributed by atoms with Gasteiger partial charge in [0.05, 0.1) is 13.2 Å². The largest absolute Gasteiger partial charge is 0.382 e. The van der Waals surface area contributed by atoms with Gasteiger partial charge < -0.3 is 19.3 Å². The van der Waals surface area contributed by atoms with E-state index in [9.17, 15) is 0 Å². The summed E-state index contributed by atoms with van der Waals surface area (Å²) in [6.07, 6.45) is -0.105. The zero-order valence-corrected chi connectivity index (χ0v) is 15.3. The molecule has 7 nitrogen and oxygen atoms in total. The summed E-state index contributed by atoms with van der Waals surface area (Å²) in [6, 6.07) is 10.5. The average molecular weight is 345 g/mol. The van der Waals surface area contributed by atoms with Gasteiger partial charge in [0.25, 0.3) is 0 Å². The van der Waals surface area contributed by atoms with Gasteiger partial charge in [0.1, 0.15) is 6.10 Å². The molecule has 0 spiro atoms. The van der Waals surface area contributed by atoms with Gasteiger partial charge in [-0.2, -0.15) is 0 Å². The van der Waals surface area contributed by atoms with Crippen LogP contribution in [0, 0.1) is 0 Å². The van der Waals surface area contributed by atoms with Crippen LogP contribution in [0.4, 0.5) is 11.6 Å². The Hall–Kier alpha value is -2.12. The summed E-state index contributed by atoms with van der Waals surface area (Å²) >= 11 is 0. The van der Waals surface area contributed by atoms with E-state index in [1.54, 1.807) is 7.11 Å². The molecule has 1 atom stereocenters. The fourth-order valence-electron chi connectivity index (χ4n) is 3.15. The molecule has 1 aliphatic rings. The number of methoxy groups -OCH3 is 1. The van der Waals surface area contributed by atoms with E-state index in [0.29, 0.717) is 13.2 Å². The number of hydrogen-bond acceptors (Lipinski definition) is 6. The highest BCUT2D eigenvalue weighted by molar-refractivity contribution is 5.48. The second kappa shape index (κ2) is 8.31. The zero-order valence-electron chi connectivity index (χ0n) is 15.3. The molecule has 3 rings (SSSR count). The fraction of sp³-hybridized carbons (Fsp3) is 0.556. The Labute approximate surface area is 149 Å². The first-order valence-electron chi connectivity index (χ1n) is 8.75. The summed E-state index contributed by atoms with van der Waals surface area (Å²) in [5.74, 6) is 1.75. The first-order valence-corrected chi connectivity index (χ1v) is 8.75. The normalized spacial score (nSPS) is 16.3. The van der Waals surface area contributed by atoms with E-state index in [2.05, 4.69) is 50.3 Å². The molecule has 25 heavy (non-hydrogen) atoms. The van der Waals surface area contributed by atoms with Crippen LogP contribution in [-0.4, -0.2) is 61.3 Å². The number of rotatable bonds is 7. The minimum Gasteiger partial charge on any atom is -0.382 e. The molecule has 2 heterocycles. The summed E-state index contributed by atoms with van der Waals surface area (Å²) in [6.45, 7) is 6.95. The molecule has 1 saturated heterocycles. The van der Waals surface area contributed by atoms with Gasteiger partial charge in [0, 0.05) is 46.0 Å². The van der Waals surface area contributed by atoms with Crippen molar-refractivity contribution in [2.24, 2.45) is 7.05 Å². The number of benzene rings is 1. The quantitative estimate of drug-likeness (QED) is 0.714. The minimum atomic E-state index is -0.105. The van der Waals surface area contributed by atoms with E-state index >= 15 is 0 Å². The van der Waals surface area contributed by atoms with Crippen LogP contribution >= 0.6 is 0 Å². The van der Waals surface area contributed by atoms with Crippen molar-refractivity contribution in [1.82, 2.24) is 14.8 Å². The highest BCUT2D eigenvalue weighted by atomic mass is 16.5. The van der Waals surface area contributed by atoms with Crippen LogP contribution in [0.15, 0.2) is 30.3 Å². The maximum atomic E-state index is 5.75. The Morgan fingerprint density at radius 2 is 1.68 bits per heavy atom. The molecule has 0 aliphatic carbocycles. The van der Waals surface area contributed by atoms with Crippen LogP contribution in [0.25, 0.3) is 0 Å². The van der Waals surface area contributed by atoms with Crippen molar-refractivity contribution in [2.45, 2.75) is 13.0 Å². The Kier molecular flexibility index (Phi) is 5.88. The monoisotopic (exact) mass is 345 g/mol. The van der Waals surface area contributed by atoms with E-state index in [1.807, 2.05) is 18.5 Å². The van der Waals surface area contributed by atoms with Crippen LogP contribution in [0.3, 0.4) is 0 Å². The lowest BCUT2D eigenvalue weighted by Crippen LogP contribution is -2.47. The molecule has 2 aromatic rings. The molecule has 0 saturated carbocycles. The van der Waals surface area contributed by atoms with E-state index < -0.39 is 0 Å². The van der Waals surface area contributed by atoms with Gasteiger partial charge in [-0.3, -0.25) is 4.57 Å². The van der Waals surface area contributed by atoms with Crippen molar-refractivity contribution in [3.8, 4) is 0 Å². The smallest absolute Gasteiger partial charge is 0.227 e. The van der Waals surface area contributed by atoms with Crippen LogP contribution in [0.2, 0.25) is 0 Å². The van der Waals surface area contributed by atoms with Crippen LogP contribution in [0.5, 0.6) is 0 Å². The maximum Gasteiger partial charge on any atom is 0.227 e. The molecule has 0 bridgehead atoms. The predicted molar refractivity (Wildman–Crippen MR) is 98.1 cm³/mol. The summed E-state index contributed by atoms with van der Waals surface area (Å²) < 4.78 is 12.8. The third-order valence-corrected chi connectivity index (χ3v) is 4.59. The second-order valence-corrected chi connectivity index (χ2v) is 6.23. The first-order chi connectivity index (χ1) is 12.2. The minimum absolute atomic E-state index is 0.105. The second-order valence-electron chi connectivity index (χ2n) is 6.23. The molecule has 0 N–H and O–H groups in total. The molecular formula is C18H27N5O2. The summed E-state index contributed by atoms with van der Waals surface area (Å²) in [5, 5.41) is 8.73. The predicted octanol–water partition coefficient (Wildman–Crippen LogP) is 1.87. The molecule has 1 fully saturated rings. The van der Waals surface area contributed by atoms with Gasteiger partial charge >= 0.3 is 0 Å². The molecule has 1 aromatic carbocycles. The van der Waals surface area contributed by atoms with Crippen molar-refractivity contribution < 1.29 is 9.47 Å². The summed E-state index contributed by atoms with van der Waals surface area (Å²) in [7, 11) is 3.67. The van der Waals surface area contributed by atoms with Gasteiger partial charge in [-0.25, -0.2) is 0 Å². The number of piperazine rings is 1. The number of ether oxygens (including phenoxy) is 2. The van der Waals surface area contributed by atoms with Gasteiger partial charge in [-0.1, -0.05) is 18.2 Å². The number of nitrogens with zero attached hydrogens (tertiary/aromatic N) is 5. The molecule has 0 amide bonds. The van der Waals surface area contributed by atoms with Crippen molar-refractivity contribution >= 4 is 11.6 Å². The van der Waals surface area contributed by atoms with Crippen molar-refractivity contribution in [3.63, 3.8) is 0 Å². The Bertz CT molecular complexity index is 653. The zero-order chi connectivity index (χ0) is 17.6. The molecular weight excluding hydrogens is 318 g/mol. The lowest BCUT2D eigenvalue weighted by atomic mass is 10.2. The van der Waals surface area contributed by atoms with Crippen LogP contribution in [0.1, 0.15) is 18.9 Å². The molecule has 1 aliphatic heterocycles. The number of hydrogen-bond donors (Lipinski definition) is 0. The molecule has 1 aromatic heterocycles. The third-order valence-electron chi connectivity index (χ3n) is 4.59. The maximum absolute atomic E-state index is 5.75. The molecule has 0 radical (unpaired) electrons. The van der Waals surface area contributed by atoms with Crippen molar-refractivity contribution in [3.05, 3.63) is 36.2 Å². The number of anilines is 2. The van der Waals surface area contributed by atoms with Gasteiger partial charge in [-0.15, -0.1) is 10.2 Å². The molecule has 136 valence electrons. The van der Waals surface area contributed by atoms with Gasteiger partial charge in [0.15, 0.2) is 5.82 Å². The standard InChI is InChI=1S/C18H27N5O2/c1-15(25-14-13-24-3)17-19-20-18(21(17)2)23-11-9-22(10-12-23)16-7-5-4-6-8-16/h4-8,15H,9-14H2,1-3H3. The van der Waals surface area contributed by atoms with Crippen molar-refractivity contribution in [1.29, 1.82) is 0 Å². The SMILES string of the molecule is COCCOC(C)c1nnc(N2CCN(c3ccccc3)CC2)n1C. The van der Waals surface area contributed by atoms with Crippen molar-refractivity contribution in [2.75, 3.05) is 56.3 Å². The summed E-state index contributed by atoms with van der Waals surface area (Å²) in [5.41, 5.74) is 1.28. The highest BCUT2D eigenvalue weighted by Gasteiger charge is 2.23. The lowest BCUT2D eigenvalue weighted by molar-refractivity contribution is 0.0201. The molecule has 7 heteroatoms. The summed E-state index contributed by atoms with van der Waals surface area (Å²) in [4.78, 5) is 4.70. The number of para-hydroxylation sites is 1.